The van der Waals surface area contributed by atoms with E-state index in [0.29, 0.717) is 35.0 Å². The molecule has 0 bridgehead atoms. The lowest BCUT2D eigenvalue weighted by molar-refractivity contribution is -0.151. The molecule has 29 heavy (non-hydrogen) atoms. The maximum atomic E-state index is 14.5. The fourth-order valence-electron chi connectivity index (χ4n) is 2.89. The zero-order valence-corrected chi connectivity index (χ0v) is 16.3. The third-order valence-electron chi connectivity index (χ3n) is 4.58. The van der Waals surface area contributed by atoms with Gasteiger partial charge in [-0.05, 0) is 6.07 Å². The largest absolute Gasteiger partial charge is 0.474 e. The van der Waals surface area contributed by atoms with Gasteiger partial charge in [0.05, 0.1) is 23.5 Å². The van der Waals surface area contributed by atoms with Crippen LogP contribution in [0.3, 0.4) is 0 Å². The number of hydrogen-bond acceptors (Lipinski definition) is 5. The van der Waals surface area contributed by atoms with Gasteiger partial charge in [-0.2, -0.15) is 0 Å². The molecule has 0 unspecified atom stereocenters. The first-order chi connectivity index (χ1) is 13.4. The minimum absolute atomic E-state index is 0.162. The number of methoxy groups -OCH3 is 1. The molecule has 0 aliphatic heterocycles. The molecule has 0 atom stereocenters. The highest BCUT2D eigenvalue weighted by molar-refractivity contribution is 6.32. The van der Waals surface area contributed by atoms with Crippen LogP contribution in [0.5, 0.6) is 5.75 Å². The third kappa shape index (κ3) is 3.64. The van der Waals surface area contributed by atoms with E-state index < -0.39 is 45.9 Å². The number of ether oxygens (including phenoxy) is 2. The van der Waals surface area contributed by atoms with Gasteiger partial charge in [0.2, 0.25) is 5.60 Å². The van der Waals surface area contributed by atoms with E-state index in [1.807, 2.05) is 0 Å². The van der Waals surface area contributed by atoms with Crippen molar-refractivity contribution < 1.29 is 27.4 Å². The second-order valence-corrected chi connectivity index (χ2v) is 7.16. The standard InChI is InChI=1S/C18H16ClF3N2O5/c1-17(21,22)13-8-14(25)24(16(27)23(13)2)11-7-12(9(19)6-10(11)20)29-18(4-5-18)15(26)28-3/h6-8H,4-5H2,1-3H3. The fourth-order valence-corrected chi connectivity index (χ4v) is 3.08. The second-order valence-electron chi connectivity index (χ2n) is 6.76. The molecule has 7 nitrogen and oxygen atoms in total. The number of esters is 1. The molecule has 0 spiro atoms. The van der Waals surface area contributed by atoms with Crippen molar-refractivity contribution in [2.45, 2.75) is 31.3 Å². The van der Waals surface area contributed by atoms with Crippen LogP contribution in [0.15, 0.2) is 27.8 Å². The third-order valence-corrected chi connectivity index (χ3v) is 4.87. The lowest BCUT2D eigenvalue weighted by Crippen LogP contribution is -2.41. The predicted molar refractivity (Wildman–Crippen MR) is 96.4 cm³/mol. The van der Waals surface area contributed by atoms with Gasteiger partial charge >= 0.3 is 11.7 Å². The molecular formula is C18H16ClF3N2O5. The Bertz CT molecular complexity index is 1120. The van der Waals surface area contributed by atoms with Gasteiger partial charge in [-0.3, -0.25) is 9.36 Å². The van der Waals surface area contributed by atoms with E-state index in [0.717, 1.165) is 19.2 Å². The molecule has 1 aromatic heterocycles. The average molecular weight is 433 g/mol. The molecule has 0 saturated heterocycles. The first kappa shape index (κ1) is 21.0. The topological polar surface area (TPSA) is 79.5 Å². The number of aromatic nitrogens is 2. The Morgan fingerprint density at radius 2 is 1.86 bits per heavy atom. The van der Waals surface area contributed by atoms with Crippen LogP contribution in [0.4, 0.5) is 13.2 Å². The van der Waals surface area contributed by atoms with Gasteiger partial charge in [-0.25, -0.2) is 27.3 Å². The predicted octanol–water partition coefficient (Wildman–Crippen LogP) is 2.52. The highest BCUT2D eigenvalue weighted by Gasteiger charge is 2.54. The molecule has 1 fully saturated rings. The zero-order chi connectivity index (χ0) is 21.7. The smallest absolute Gasteiger partial charge is 0.350 e. The summed E-state index contributed by atoms with van der Waals surface area (Å²) in [7, 11) is 2.21. The molecule has 3 rings (SSSR count). The van der Waals surface area contributed by atoms with E-state index in [1.165, 1.54) is 7.11 Å². The van der Waals surface area contributed by atoms with Gasteiger partial charge in [-0.15, -0.1) is 0 Å². The summed E-state index contributed by atoms with van der Waals surface area (Å²) in [5, 5.41) is -0.206. The van der Waals surface area contributed by atoms with Crippen molar-refractivity contribution in [2.24, 2.45) is 7.05 Å². The van der Waals surface area contributed by atoms with E-state index in [9.17, 15) is 27.6 Å². The van der Waals surface area contributed by atoms with Gasteiger partial charge in [-0.1, -0.05) is 11.6 Å². The summed E-state index contributed by atoms with van der Waals surface area (Å²) in [5.74, 6) is -5.33. The summed E-state index contributed by atoms with van der Waals surface area (Å²) in [4.78, 5) is 36.8. The summed E-state index contributed by atoms with van der Waals surface area (Å²) >= 11 is 5.98. The van der Waals surface area contributed by atoms with Crippen LogP contribution in [0.1, 0.15) is 25.5 Å². The van der Waals surface area contributed by atoms with Gasteiger partial charge in [0.25, 0.3) is 11.5 Å². The molecule has 1 saturated carbocycles. The minimum atomic E-state index is -3.46. The maximum Gasteiger partial charge on any atom is 0.350 e. The maximum absolute atomic E-state index is 14.5. The Balaban J connectivity index is 2.16. The Morgan fingerprint density at radius 1 is 1.24 bits per heavy atom. The number of nitrogens with zero attached hydrogens (tertiary/aromatic N) is 2. The van der Waals surface area contributed by atoms with Crippen molar-refractivity contribution in [3.63, 3.8) is 0 Å². The van der Waals surface area contributed by atoms with Gasteiger partial charge in [0.1, 0.15) is 11.6 Å². The van der Waals surface area contributed by atoms with Crippen LogP contribution < -0.4 is 16.0 Å². The number of halogens is 4. The molecule has 0 amide bonds. The molecule has 0 N–H and O–H groups in total. The van der Waals surface area contributed by atoms with Gasteiger partial charge in [0, 0.05) is 38.9 Å². The quantitative estimate of drug-likeness (QED) is 0.678. The Morgan fingerprint density at radius 3 is 2.38 bits per heavy atom. The SMILES string of the molecule is COC(=O)C1(Oc2cc(-n3c(=O)cc(C(C)(F)F)n(C)c3=O)c(F)cc2Cl)CC1. The number of rotatable bonds is 5. The van der Waals surface area contributed by atoms with Crippen LogP contribution in [0.25, 0.3) is 5.69 Å². The lowest BCUT2D eigenvalue weighted by atomic mass is 10.2. The molecule has 156 valence electrons. The summed E-state index contributed by atoms with van der Waals surface area (Å²) in [6.45, 7) is 0.530. The van der Waals surface area contributed by atoms with Crippen LogP contribution >= 0.6 is 11.6 Å². The molecule has 1 aliphatic rings. The summed E-state index contributed by atoms with van der Waals surface area (Å²) in [6.07, 6.45) is 0.676. The molecule has 2 aromatic rings. The van der Waals surface area contributed by atoms with E-state index in [1.54, 1.807) is 0 Å². The van der Waals surface area contributed by atoms with Crippen LogP contribution in [0.2, 0.25) is 5.02 Å². The number of benzene rings is 1. The molecule has 0 radical (unpaired) electrons. The van der Waals surface area contributed by atoms with Gasteiger partial charge < -0.3 is 9.47 Å². The van der Waals surface area contributed by atoms with E-state index in [-0.39, 0.29) is 10.8 Å². The number of carbonyl (C=O) groups is 1. The monoisotopic (exact) mass is 432 g/mol. The molecule has 1 heterocycles. The van der Waals surface area contributed by atoms with Crippen molar-refractivity contribution in [3.8, 4) is 11.4 Å². The van der Waals surface area contributed by atoms with Crippen LogP contribution in [0, 0.1) is 5.82 Å². The van der Waals surface area contributed by atoms with Crippen molar-refractivity contribution in [1.29, 1.82) is 0 Å². The summed E-state index contributed by atoms with van der Waals surface area (Å²) in [6, 6.07) is 2.31. The van der Waals surface area contributed by atoms with E-state index in [2.05, 4.69) is 4.74 Å². The normalized spacial score (nSPS) is 15.1. The molecule has 1 aliphatic carbocycles. The molecule has 1 aromatic carbocycles. The fraction of sp³-hybridized carbons (Fsp3) is 0.389. The second kappa shape index (κ2) is 6.94. The van der Waals surface area contributed by atoms with Crippen molar-refractivity contribution in [1.82, 2.24) is 9.13 Å². The highest BCUT2D eigenvalue weighted by Crippen LogP contribution is 2.43. The summed E-state index contributed by atoms with van der Waals surface area (Å²) in [5.41, 5.74) is -5.00. The van der Waals surface area contributed by atoms with Crippen LogP contribution in [-0.4, -0.2) is 27.8 Å². The number of alkyl halides is 2. The Hall–Kier alpha value is -2.75. The Kier molecular flexibility index (Phi) is 5.02. The van der Waals surface area contributed by atoms with Crippen molar-refractivity contribution in [2.75, 3.05) is 7.11 Å². The highest BCUT2D eigenvalue weighted by atomic mass is 35.5. The zero-order valence-electron chi connectivity index (χ0n) is 15.6. The Labute approximate surface area is 167 Å². The first-order valence-electron chi connectivity index (χ1n) is 8.39. The van der Waals surface area contributed by atoms with Gasteiger partial charge in [0.15, 0.2) is 0 Å². The molecular weight excluding hydrogens is 417 g/mol. The summed E-state index contributed by atoms with van der Waals surface area (Å²) < 4.78 is 53.0. The van der Waals surface area contributed by atoms with Crippen molar-refractivity contribution in [3.05, 3.63) is 55.6 Å². The number of hydrogen-bond donors (Lipinski definition) is 0. The minimum Gasteiger partial charge on any atom is -0.474 e. The first-order valence-corrected chi connectivity index (χ1v) is 8.77. The number of carbonyl (C=O) groups excluding carboxylic acids is 1. The lowest BCUT2D eigenvalue weighted by Gasteiger charge is -2.19. The molecule has 11 heteroatoms. The van der Waals surface area contributed by atoms with Crippen molar-refractivity contribution >= 4 is 17.6 Å². The van der Waals surface area contributed by atoms with E-state index >= 15 is 0 Å². The van der Waals surface area contributed by atoms with E-state index in [4.69, 9.17) is 16.3 Å². The average Bonchev–Trinajstić information content (AvgIpc) is 3.41. The van der Waals surface area contributed by atoms with Crippen LogP contribution in [-0.2, 0) is 22.5 Å².